The molecule has 0 aliphatic rings. The summed E-state index contributed by atoms with van der Waals surface area (Å²) >= 11 is 0. The van der Waals surface area contributed by atoms with Gasteiger partial charge in [0, 0.05) is 11.1 Å². The lowest BCUT2D eigenvalue weighted by molar-refractivity contribution is -0.0528. The Morgan fingerprint density at radius 2 is 1.92 bits per heavy atom. The Kier molecular flexibility index (Phi) is 4.25. The summed E-state index contributed by atoms with van der Waals surface area (Å²) in [5.74, 6) is 2.99. The van der Waals surface area contributed by atoms with Crippen molar-refractivity contribution in [3.05, 3.63) is 48.2 Å². The van der Waals surface area contributed by atoms with E-state index >= 15 is 0 Å². The Bertz CT molecular complexity index is 919. The van der Waals surface area contributed by atoms with Gasteiger partial charge in [-0.3, -0.25) is 0 Å². The first-order valence-corrected chi connectivity index (χ1v) is 6.97. The van der Waals surface area contributed by atoms with Crippen molar-refractivity contribution in [1.82, 2.24) is 9.97 Å². The van der Waals surface area contributed by atoms with Crippen LogP contribution in [0, 0.1) is 12.3 Å². The van der Waals surface area contributed by atoms with Gasteiger partial charge in [0.25, 0.3) is 0 Å². The Hall–Kier alpha value is -3.20. The lowest BCUT2D eigenvalue weighted by Gasteiger charge is -2.09. The number of nitrogens with zero attached hydrogens (tertiary/aromatic N) is 2. The number of hydrogen-bond acceptors (Lipinski definition) is 4. The van der Waals surface area contributed by atoms with Gasteiger partial charge >= 0.3 is 6.61 Å². The molecule has 0 unspecified atom stereocenters. The van der Waals surface area contributed by atoms with Crippen LogP contribution in [0.4, 0.5) is 8.78 Å². The number of methoxy groups -OCH3 is 1. The van der Waals surface area contributed by atoms with Crippen molar-refractivity contribution < 1.29 is 18.3 Å². The Balaban J connectivity index is 2.17. The van der Waals surface area contributed by atoms with E-state index in [-0.39, 0.29) is 5.88 Å². The first-order chi connectivity index (χ1) is 11.6. The molecule has 0 bridgehead atoms. The average molecular weight is 326 g/mol. The van der Waals surface area contributed by atoms with Crippen LogP contribution in [0.2, 0.25) is 0 Å². The zero-order valence-corrected chi connectivity index (χ0v) is 12.7. The van der Waals surface area contributed by atoms with Crippen LogP contribution in [-0.4, -0.2) is 23.7 Å². The molecule has 1 aromatic heterocycles. The van der Waals surface area contributed by atoms with Crippen molar-refractivity contribution in [2.45, 2.75) is 6.61 Å². The number of aromatic nitrogens is 2. The van der Waals surface area contributed by atoms with Crippen molar-refractivity contribution in [2.75, 3.05) is 7.11 Å². The van der Waals surface area contributed by atoms with Crippen LogP contribution in [0.3, 0.4) is 0 Å². The molecule has 120 valence electrons. The smallest absolute Gasteiger partial charge is 0.388 e. The maximum atomic E-state index is 12.3. The molecule has 2 aromatic carbocycles. The molecule has 3 aromatic rings. The number of alkyl halides is 2. The highest BCUT2D eigenvalue weighted by Gasteiger charge is 2.12. The molecule has 0 saturated heterocycles. The summed E-state index contributed by atoms with van der Waals surface area (Å²) in [5, 5.41) is 0. The van der Waals surface area contributed by atoms with Crippen LogP contribution >= 0.6 is 0 Å². The number of ether oxygens (including phenoxy) is 2. The minimum atomic E-state index is -2.96. The third-order valence-corrected chi connectivity index (χ3v) is 3.40. The van der Waals surface area contributed by atoms with Gasteiger partial charge < -0.3 is 9.47 Å². The fraction of sp³-hybridized carbons (Fsp3) is 0.111. The highest BCUT2D eigenvalue weighted by molar-refractivity contribution is 5.93. The molecule has 0 atom stereocenters. The van der Waals surface area contributed by atoms with Gasteiger partial charge in [-0.05, 0) is 29.8 Å². The topological polar surface area (TPSA) is 44.2 Å². The third kappa shape index (κ3) is 3.10. The molecule has 0 N–H and O–H groups in total. The van der Waals surface area contributed by atoms with E-state index in [1.165, 1.54) is 0 Å². The normalized spacial score (nSPS) is 10.6. The standard InChI is InChI=1S/C18H12F2N2O2/c1-3-11-8-14(12-4-6-13(23-2)7-5-12)17-15(9-11)22-16(10-21-17)24-18(19)20/h1,4-10,18H,2H3. The maximum Gasteiger partial charge on any atom is 0.388 e. The largest absolute Gasteiger partial charge is 0.497 e. The number of fused-ring (bicyclic) bond motifs is 1. The summed E-state index contributed by atoms with van der Waals surface area (Å²) in [6.07, 6.45) is 6.65. The number of halogens is 2. The predicted octanol–water partition coefficient (Wildman–Crippen LogP) is 3.89. The number of rotatable bonds is 4. The second-order valence-electron chi connectivity index (χ2n) is 4.85. The molecule has 0 fully saturated rings. The van der Waals surface area contributed by atoms with Gasteiger partial charge in [0.1, 0.15) is 5.75 Å². The van der Waals surface area contributed by atoms with E-state index in [2.05, 4.69) is 20.6 Å². The lowest BCUT2D eigenvalue weighted by Crippen LogP contribution is -2.04. The Morgan fingerprint density at radius 3 is 2.54 bits per heavy atom. The van der Waals surface area contributed by atoms with Gasteiger partial charge in [-0.15, -0.1) is 6.42 Å². The third-order valence-electron chi connectivity index (χ3n) is 3.40. The molecule has 0 saturated carbocycles. The second-order valence-corrected chi connectivity index (χ2v) is 4.85. The summed E-state index contributed by atoms with van der Waals surface area (Å²) in [4.78, 5) is 8.27. The van der Waals surface area contributed by atoms with Gasteiger partial charge in [0.05, 0.1) is 24.3 Å². The van der Waals surface area contributed by atoms with E-state index in [0.717, 1.165) is 23.1 Å². The minimum absolute atomic E-state index is 0.257. The van der Waals surface area contributed by atoms with E-state index in [1.807, 2.05) is 24.3 Å². The molecule has 0 aliphatic carbocycles. The summed E-state index contributed by atoms with van der Waals surface area (Å²) < 4.78 is 34.1. The molecular formula is C18H12F2N2O2. The number of hydrogen-bond donors (Lipinski definition) is 0. The minimum Gasteiger partial charge on any atom is -0.497 e. The predicted molar refractivity (Wildman–Crippen MR) is 86.1 cm³/mol. The molecule has 0 aliphatic heterocycles. The van der Waals surface area contributed by atoms with Crippen molar-refractivity contribution >= 4 is 11.0 Å². The molecule has 0 spiro atoms. The molecule has 24 heavy (non-hydrogen) atoms. The number of benzene rings is 2. The molecule has 4 nitrogen and oxygen atoms in total. The van der Waals surface area contributed by atoms with E-state index in [0.29, 0.717) is 16.6 Å². The van der Waals surface area contributed by atoms with Crippen molar-refractivity contribution in [1.29, 1.82) is 0 Å². The van der Waals surface area contributed by atoms with Gasteiger partial charge in [0.2, 0.25) is 5.88 Å². The van der Waals surface area contributed by atoms with Gasteiger partial charge in [0.15, 0.2) is 0 Å². The van der Waals surface area contributed by atoms with Crippen LogP contribution in [0.1, 0.15) is 5.56 Å². The van der Waals surface area contributed by atoms with Crippen LogP contribution in [0.5, 0.6) is 11.6 Å². The molecule has 0 radical (unpaired) electrons. The van der Waals surface area contributed by atoms with Crippen LogP contribution < -0.4 is 9.47 Å². The van der Waals surface area contributed by atoms with Gasteiger partial charge in [-0.2, -0.15) is 8.78 Å². The lowest BCUT2D eigenvalue weighted by atomic mass is 10.0. The fourth-order valence-corrected chi connectivity index (χ4v) is 2.33. The van der Waals surface area contributed by atoms with E-state index in [9.17, 15) is 8.78 Å². The highest BCUT2D eigenvalue weighted by Crippen LogP contribution is 2.30. The molecule has 3 rings (SSSR count). The van der Waals surface area contributed by atoms with Crippen molar-refractivity contribution in [3.8, 4) is 35.1 Å². The van der Waals surface area contributed by atoms with E-state index in [4.69, 9.17) is 11.2 Å². The van der Waals surface area contributed by atoms with Crippen LogP contribution in [0.25, 0.3) is 22.2 Å². The van der Waals surface area contributed by atoms with Crippen LogP contribution in [0.15, 0.2) is 42.6 Å². The highest BCUT2D eigenvalue weighted by atomic mass is 19.3. The quantitative estimate of drug-likeness (QED) is 0.682. The second kappa shape index (κ2) is 6.50. The van der Waals surface area contributed by atoms with Gasteiger partial charge in [-0.1, -0.05) is 18.1 Å². The monoisotopic (exact) mass is 326 g/mol. The van der Waals surface area contributed by atoms with Gasteiger partial charge in [-0.25, -0.2) is 9.97 Å². The maximum absolute atomic E-state index is 12.3. The van der Waals surface area contributed by atoms with Crippen LogP contribution in [-0.2, 0) is 0 Å². The summed E-state index contributed by atoms with van der Waals surface area (Å²) in [6.45, 7) is -2.96. The Labute approximate surface area is 137 Å². The first-order valence-electron chi connectivity index (χ1n) is 6.97. The number of terminal acetylenes is 1. The summed E-state index contributed by atoms with van der Waals surface area (Å²) in [5.41, 5.74) is 3.10. The molecular weight excluding hydrogens is 314 g/mol. The Morgan fingerprint density at radius 1 is 1.17 bits per heavy atom. The van der Waals surface area contributed by atoms with Crippen molar-refractivity contribution in [3.63, 3.8) is 0 Å². The SMILES string of the molecule is C#Cc1cc(-c2ccc(OC)cc2)c2ncc(OC(F)F)nc2c1. The zero-order chi connectivity index (χ0) is 17.1. The molecule has 6 heteroatoms. The molecule has 1 heterocycles. The fourth-order valence-electron chi connectivity index (χ4n) is 2.33. The van der Waals surface area contributed by atoms with E-state index < -0.39 is 6.61 Å². The average Bonchev–Trinajstić information content (AvgIpc) is 2.60. The zero-order valence-electron chi connectivity index (χ0n) is 12.7. The first kappa shape index (κ1) is 15.7. The van der Waals surface area contributed by atoms with E-state index in [1.54, 1.807) is 19.2 Å². The molecule has 0 amide bonds. The summed E-state index contributed by atoms with van der Waals surface area (Å²) in [6, 6.07) is 10.7. The summed E-state index contributed by atoms with van der Waals surface area (Å²) in [7, 11) is 1.58. The van der Waals surface area contributed by atoms with Crippen molar-refractivity contribution in [2.24, 2.45) is 0 Å².